The van der Waals surface area contributed by atoms with Crippen molar-refractivity contribution < 1.29 is 19.0 Å². The fourth-order valence-electron chi connectivity index (χ4n) is 3.08. The average Bonchev–Trinajstić information content (AvgIpc) is 2.60. The van der Waals surface area contributed by atoms with Crippen molar-refractivity contribution in [1.29, 1.82) is 0 Å². The number of carbonyl (C=O) groups is 2. The standard InChI is InChI=1S/C17H21N3O4S/c21-16(18-23)6-5-13-3-1-2-4-15(13)17(22)20-11-14(12-20)19-7-9-25(24)10-8-19/h1-6,14,23H,7-12H2,(H,18,21)/b6-5+. The van der Waals surface area contributed by atoms with Crippen LogP contribution >= 0.6 is 0 Å². The SMILES string of the molecule is O=C(/C=C/c1ccccc1C(=O)N1CC(N2CCS(=O)CC2)C1)NO. The van der Waals surface area contributed by atoms with Crippen LogP contribution in [0.3, 0.4) is 0 Å². The van der Waals surface area contributed by atoms with E-state index < -0.39 is 16.7 Å². The molecule has 8 heteroatoms. The zero-order chi connectivity index (χ0) is 17.8. The Labute approximate surface area is 148 Å². The van der Waals surface area contributed by atoms with Crippen LogP contribution in [0, 0.1) is 0 Å². The van der Waals surface area contributed by atoms with Gasteiger partial charge in [-0.2, -0.15) is 0 Å². The van der Waals surface area contributed by atoms with Gasteiger partial charge in [-0.3, -0.25) is 23.9 Å². The molecule has 1 aromatic carbocycles. The Kier molecular flexibility index (Phi) is 5.62. The van der Waals surface area contributed by atoms with Crippen molar-refractivity contribution in [1.82, 2.24) is 15.3 Å². The topological polar surface area (TPSA) is 90.0 Å². The van der Waals surface area contributed by atoms with Crippen LogP contribution in [0.1, 0.15) is 15.9 Å². The van der Waals surface area contributed by atoms with E-state index in [2.05, 4.69) is 4.90 Å². The van der Waals surface area contributed by atoms with Crippen LogP contribution in [0.2, 0.25) is 0 Å². The zero-order valence-electron chi connectivity index (χ0n) is 13.8. The summed E-state index contributed by atoms with van der Waals surface area (Å²) in [4.78, 5) is 28.0. The highest BCUT2D eigenvalue weighted by atomic mass is 32.2. The Morgan fingerprint density at radius 2 is 1.88 bits per heavy atom. The second-order valence-corrected chi connectivity index (χ2v) is 7.84. The first-order valence-corrected chi connectivity index (χ1v) is 9.67. The average molecular weight is 363 g/mol. The monoisotopic (exact) mass is 363 g/mol. The fraction of sp³-hybridized carbons (Fsp3) is 0.412. The maximum atomic E-state index is 12.7. The van der Waals surface area contributed by atoms with Gasteiger partial charge in [-0.25, -0.2) is 5.48 Å². The van der Waals surface area contributed by atoms with E-state index in [4.69, 9.17) is 5.21 Å². The van der Waals surface area contributed by atoms with Gasteiger partial charge in [0.15, 0.2) is 0 Å². The van der Waals surface area contributed by atoms with E-state index in [1.165, 1.54) is 17.6 Å². The number of hydroxylamine groups is 1. The minimum atomic E-state index is -0.693. The zero-order valence-corrected chi connectivity index (χ0v) is 14.6. The highest BCUT2D eigenvalue weighted by Gasteiger charge is 2.36. The second-order valence-electron chi connectivity index (χ2n) is 6.14. The first kappa shape index (κ1) is 17.8. The quantitative estimate of drug-likeness (QED) is 0.450. The molecular weight excluding hydrogens is 342 g/mol. The van der Waals surface area contributed by atoms with Crippen molar-refractivity contribution in [2.45, 2.75) is 6.04 Å². The van der Waals surface area contributed by atoms with Crippen LogP contribution in [0.15, 0.2) is 30.3 Å². The summed E-state index contributed by atoms with van der Waals surface area (Å²) < 4.78 is 11.4. The molecule has 2 aliphatic rings. The second kappa shape index (κ2) is 7.90. The molecule has 0 saturated carbocycles. The van der Waals surface area contributed by atoms with Gasteiger partial charge in [0.2, 0.25) is 0 Å². The smallest absolute Gasteiger partial charge is 0.267 e. The maximum Gasteiger partial charge on any atom is 0.267 e. The highest BCUT2D eigenvalue weighted by Crippen LogP contribution is 2.21. The first-order chi connectivity index (χ1) is 12.1. The number of amides is 2. The predicted octanol–water partition coefficient (Wildman–Crippen LogP) is 0.0939. The molecule has 2 amide bonds. The van der Waals surface area contributed by atoms with Crippen molar-refractivity contribution in [3.05, 3.63) is 41.5 Å². The summed E-state index contributed by atoms with van der Waals surface area (Å²) in [5.41, 5.74) is 2.69. The van der Waals surface area contributed by atoms with E-state index in [9.17, 15) is 13.8 Å². The van der Waals surface area contributed by atoms with Crippen molar-refractivity contribution in [2.75, 3.05) is 37.7 Å². The van der Waals surface area contributed by atoms with Crippen molar-refractivity contribution in [3.63, 3.8) is 0 Å². The predicted molar refractivity (Wildman–Crippen MR) is 94.5 cm³/mol. The number of hydrogen-bond donors (Lipinski definition) is 2. The number of carbonyl (C=O) groups excluding carboxylic acids is 2. The van der Waals surface area contributed by atoms with Gasteiger partial charge in [0, 0.05) is 66.2 Å². The number of likely N-dealkylation sites (tertiary alicyclic amines) is 1. The van der Waals surface area contributed by atoms with Gasteiger partial charge in [-0.1, -0.05) is 18.2 Å². The Morgan fingerprint density at radius 1 is 1.20 bits per heavy atom. The van der Waals surface area contributed by atoms with Crippen LogP contribution in [-0.2, 0) is 15.6 Å². The summed E-state index contributed by atoms with van der Waals surface area (Å²) >= 11 is 0. The molecule has 2 N–H and O–H groups in total. The molecule has 0 aromatic heterocycles. The molecule has 7 nitrogen and oxygen atoms in total. The summed E-state index contributed by atoms with van der Waals surface area (Å²) in [6, 6.07) is 7.40. The fourth-order valence-corrected chi connectivity index (χ4v) is 4.16. The Hall–Kier alpha value is -2.03. The van der Waals surface area contributed by atoms with E-state index in [1.54, 1.807) is 29.2 Å². The lowest BCUT2D eigenvalue weighted by Crippen LogP contribution is -2.63. The molecule has 0 radical (unpaired) electrons. The third-order valence-electron chi connectivity index (χ3n) is 4.59. The number of nitrogens with zero attached hydrogens (tertiary/aromatic N) is 2. The van der Waals surface area contributed by atoms with E-state index >= 15 is 0 Å². The van der Waals surface area contributed by atoms with E-state index in [0.29, 0.717) is 41.8 Å². The van der Waals surface area contributed by atoms with Crippen molar-refractivity contribution in [3.8, 4) is 0 Å². The third kappa shape index (κ3) is 4.15. The van der Waals surface area contributed by atoms with E-state index in [0.717, 1.165) is 13.1 Å². The molecule has 2 aliphatic heterocycles. The molecule has 2 heterocycles. The molecule has 2 saturated heterocycles. The summed E-state index contributed by atoms with van der Waals surface area (Å²) in [6.45, 7) is 2.99. The molecule has 0 bridgehead atoms. The molecule has 1 aromatic rings. The lowest BCUT2D eigenvalue weighted by molar-refractivity contribution is -0.124. The lowest BCUT2D eigenvalue weighted by atomic mass is 10.0. The van der Waals surface area contributed by atoms with Crippen molar-refractivity contribution >= 4 is 28.7 Å². The maximum absolute atomic E-state index is 12.7. The van der Waals surface area contributed by atoms with E-state index in [1.807, 2.05) is 0 Å². The van der Waals surface area contributed by atoms with Crippen LogP contribution in [-0.4, -0.2) is 74.8 Å². The third-order valence-corrected chi connectivity index (χ3v) is 5.87. The van der Waals surface area contributed by atoms with Crippen LogP contribution in [0.25, 0.3) is 6.08 Å². The van der Waals surface area contributed by atoms with Gasteiger partial charge in [0.05, 0.1) is 0 Å². The van der Waals surface area contributed by atoms with Gasteiger partial charge in [0.25, 0.3) is 11.8 Å². The summed E-state index contributed by atoms with van der Waals surface area (Å²) in [7, 11) is -0.693. The molecular formula is C17H21N3O4S. The van der Waals surface area contributed by atoms with Crippen LogP contribution in [0.4, 0.5) is 0 Å². The molecule has 3 rings (SSSR count). The highest BCUT2D eigenvalue weighted by molar-refractivity contribution is 7.85. The molecule has 0 aliphatic carbocycles. The normalized spacial score (nSPS) is 19.8. The summed E-state index contributed by atoms with van der Waals surface area (Å²) in [6.07, 6.45) is 2.69. The van der Waals surface area contributed by atoms with Gasteiger partial charge in [0.1, 0.15) is 0 Å². The van der Waals surface area contributed by atoms with Gasteiger partial charge < -0.3 is 4.90 Å². The van der Waals surface area contributed by atoms with Gasteiger partial charge >= 0.3 is 0 Å². The minimum absolute atomic E-state index is 0.0681. The molecule has 25 heavy (non-hydrogen) atoms. The van der Waals surface area contributed by atoms with E-state index in [-0.39, 0.29) is 5.91 Å². The Morgan fingerprint density at radius 3 is 2.56 bits per heavy atom. The minimum Gasteiger partial charge on any atom is -0.335 e. The Bertz CT molecular complexity index is 706. The van der Waals surface area contributed by atoms with Crippen LogP contribution < -0.4 is 5.48 Å². The number of benzene rings is 1. The first-order valence-electron chi connectivity index (χ1n) is 8.18. The summed E-state index contributed by atoms with van der Waals surface area (Å²) in [5, 5.41) is 8.55. The summed E-state index contributed by atoms with van der Waals surface area (Å²) in [5.74, 6) is 0.714. The molecule has 0 atom stereocenters. The number of hydrogen-bond acceptors (Lipinski definition) is 5. The molecule has 134 valence electrons. The molecule has 0 unspecified atom stereocenters. The van der Waals surface area contributed by atoms with Gasteiger partial charge in [-0.15, -0.1) is 0 Å². The number of rotatable bonds is 4. The van der Waals surface area contributed by atoms with Crippen molar-refractivity contribution in [2.24, 2.45) is 0 Å². The molecule has 0 spiro atoms. The number of nitrogens with one attached hydrogen (secondary N) is 1. The Balaban J connectivity index is 1.62. The van der Waals surface area contributed by atoms with Gasteiger partial charge in [-0.05, 0) is 17.7 Å². The molecule has 2 fully saturated rings. The van der Waals surface area contributed by atoms with Crippen LogP contribution in [0.5, 0.6) is 0 Å². The largest absolute Gasteiger partial charge is 0.335 e. The lowest BCUT2D eigenvalue weighted by Gasteiger charge is -2.46.